The molecular formula is C35H33N5OPt. The maximum Gasteiger partial charge on any atom is 2.00 e. The first-order chi connectivity index (χ1) is 19.6. The van der Waals surface area contributed by atoms with E-state index in [0.29, 0.717) is 11.5 Å². The zero-order valence-corrected chi connectivity index (χ0v) is 27.2. The Labute approximate surface area is 261 Å². The van der Waals surface area contributed by atoms with Gasteiger partial charge in [0.25, 0.3) is 0 Å². The van der Waals surface area contributed by atoms with E-state index in [1.54, 1.807) is 0 Å². The molecule has 0 fully saturated rings. The van der Waals surface area contributed by atoms with E-state index < -0.39 is 0 Å². The summed E-state index contributed by atoms with van der Waals surface area (Å²) < 4.78 is 10.4. The number of imidazole rings is 1. The van der Waals surface area contributed by atoms with Crippen molar-refractivity contribution < 1.29 is 25.8 Å². The number of nitrogens with zero attached hydrogens (tertiary/aromatic N) is 5. The van der Waals surface area contributed by atoms with Crippen molar-refractivity contribution in [3.05, 3.63) is 114 Å². The number of hydrogen-bond acceptors (Lipinski definition) is 4. The number of ether oxygens (including phenoxy) is 1. The van der Waals surface area contributed by atoms with E-state index in [0.717, 1.165) is 56.5 Å². The molecule has 0 aliphatic rings. The summed E-state index contributed by atoms with van der Waals surface area (Å²) in [4.78, 5) is 9.54. The predicted molar refractivity (Wildman–Crippen MR) is 163 cm³/mol. The Kier molecular flexibility index (Phi) is 7.95. The second-order valence-corrected chi connectivity index (χ2v) is 11.5. The van der Waals surface area contributed by atoms with Crippen LogP contribution in [0.25, 0.3) is 33.7 Å². The maximum atomic E-state index is 6.41. The Balaban J connectivity index is 0.00000353. The normalized spacial score (nSPS) is 11.5. The van der Waals surface area contributed by atoms with Crippen LogP contribution in [0.15, 0.2) is 73.1 Å². The third kappa shape index (κ3) is 5.44. The zero-order chi connectivity index (χ0) is 28.9. The molecule has 0 saturated carbocycles. The van der Waals surface area contributed by atoms with Crippen molar-refractivity contribution in [3.63, 3.8) is 0 Å². The first-order valence-electron chi connectivity index (χ1n) is 13.8. The van der Waals surface area contributed by atoms with E-state index in [4.69, 9.17) is 19.8 Å². The van der Waals surface area contributed by atoms with Crippen LogP contribution in [0.4, 0.5) is 0 Å². The Morgan fingerprint density at radius 2 is 1.57 bits per heavy atom. The molecule has 0 unspecified atom stereocenters. The molecule has 0 bridgehead atoms. The van der Waals surface area contributed by atoms with Crippen molar-refractivity contribution >= 4 is 5.65 Å². The molecule has 7 heteroatoms. The second-order valence-electron chi connectivity index (χ2n) is 11.5. The SMILES string of the molecule is Cc1nn(-c2[c-]c(Oc3[c-]c(-c4cc(C(C)(C)C)ccn4)c4nc(C)c(C)n4c3)ccc2)c(C)c1-c1ccccc1.[Pt+2]. The average Bonchev–Trinajstić information content (AvgIpc) is 3.42. The third-order valence-corrected chi connectivity index (χ3v) is 7.54. The predicted octanol–water partition coefficient (Wildman–Crippen LogP) is 8.17. The topological polar surface area (TPSA) is 57.2 Å². The quantitative estimate of drug-likeness (QED) is 0.168. The first kappa shape index (κ1) is 29.5. The van der Waals surface area contributed by atoms with E-state index >= 15 is 0 Å². The zero-order valence-electron chi connectivity index (χ0n) is 24.9. The van der Waals surface area contributed by atoms with E-state index in [1.165, 1.54) is 5.56 Å². The molecule has 4 heterocycles. The van der Waals surface area contributed by atoms with Crippen LogP contribution in [-0.4, -0.2) is 24.1 Å². The molecule has 0 aliphatic carbocycles. The van der Waals surface area contributed by atoms with Gasteiger partial charge in [0.1, 0.15) is 0 Å². The Bertz CT molecular complexity index is 1900. The van der Waals surface area contributed by atoms with E-state index in [1.807, 2.05) is 67.3 Å². The number of pyridine rings is 2. The van der Waals surface area contributed by atoms with Gasteiger partial charge in [-0.25, -0.2) is 0 Å². The largest absolute Gasteiger partial charge is 2.00 e. The van der Waals surface area contributed by atoms with Gasteiger partial charge >= 0.3 is 21.1 Å². The monoisotopic (exact) mass is 734 g/mol. The Morgan fingerprint density at radius 1 is 0.810 bits per heavy atom. The van der Waals surface area contributed by atoms with Gasteiger partial charge in [-0.1, -0.05) is 68.8 Å². The molecule has 214 valence electrons. The molecule has 4 aromatic heterocycles. The van der Waals surface area contributed by atoms with Crippen molar-refractivity contribution in [2.75, 3.05) is 0 Å². The van der Waals surface area contributed by atoms with Crippen LogP contribution in [-0.2, 0) is 26.5 Å². The van der Waals surface area contributed by atoms with E-state index in [9.17, 15) is 0 Å². The van der Waals surface area contributed by atoms with E-state index in [-0.39, 0.29) is 26.5 Å². The minimum Gasteiger partial charge on any atom is -0.501 e. The Morgan fingerprint density at radius 3 is 2.31 bits per heavy atom. The van der Waals surface area contributed by atoms with Crippen LogP contribution in [0.5, 0.6) is 11.5 Å². The van der Waals surface area contributed by atoms with Crippen LogP contribution in [0, 0.1) is 39.8 Å². The van der Waals surface area contributed by atoms with Gasteiger partial charge in [0.05, 0.1) is 17.1 Å². The summed E-state index contributed by atoms with van der Waals surface area (Å²) in [7, 11) is 0. The van der Waals surface area contributed by atoms with Gasteiger partial charge < -0.3 is 14.1 Å². The van der Waals surface area contributed by atoms with Gasteiger partial charge in [0.15, 0.2) is 0 Å². The fourth-order valence-electron chi connectivity index (χ4n) is 5.19. The fraction of sp³-hybridized carbons (Fsp3) is 0.229. The fourth-order valence-corrected chi connectivity index (χ4v) is 5.19. The van der Waals surface area contributed by atoms with Crippen LogP contribution >= 0.6 is 0 Å². The molecule has 0 spiro atoms. The molecule has 6 nitrogen and oxygen atoms in total. The van der Waals surface area contributed by atoms with Crippen LogP contribution < -0.4 is 4.74 Å². The van der Waals surface area contributed by atoms with Crippen LogP contribution in [0.3, 0.4) is 0 Å². The minimum atomic E-state index is -0.0118. The molecule has 6 aromatic rings. The number of aromatic nitrogens is 5. The molecule has 2 aromatic carbocycles. The van der Waals surface area contributed by atoms with Gasteiger partial charge in [0.2, 0.25) is 0 Å². The number of hydrogen-bond donors (Lipinski definition) is 0. The molecular weight excluding hydrogens is 701 g/mol. The first-order valence-corrected chi connectivity index (χ1v) is 13.8. The summed E-state index contributed by atoms with van der Waals surface area (Å²) >= 11 is 0. The van der Waals surface area contributed by atoms with Gasteiger partial charge in [-0.15, -0.1) is 18.2 Å². The van der Waals surface area contributed by atoms with Crippen molar-refractivity contribution in [2.24, 2.45) is 0 Å². The number of benzene rings is 2. The van der Waals surface area contributed by atoms with Gasteiger partial charge in [0, 0.05) is 34.6 Å². The summed E-state index contributed by atoms with van der Waals surface area (Å²) in [6.45, 7) is 14.8. The molecule has 0 amide bonds. The van der Waals surface area contributed by atoms with Gasteiger partial charge in [-0.3, -0.25) is 9.67 Å². The van der Waals surface area contributed by atoms with Gasteiger partial charge in [-0.05, 0) is 67.9 Å². The summed E-state index contributed by atoms with van der Waals surface area (Å²) in [5.74, 6) is 1.13. The molecule has 0 N–H and O–H groups in total. The number of rotatable bonds is 5. The number of aryl methyl sites for hydroxylation is 3. The molecule has 0 saturated heterocycles. The van der Waals surface area contributed by atoms with Gasteiger partial charge in [-0.2, -0.15) is 11.2 Å². The summed E-state index contributed by atoms with van der Waals surface area (Å²) in [5.41, 5.74) is 10.7. The summed E-state index contributed by atoms with van der Waals surface area (Å²) in [6, 6.07) is 27.3. The van der Waals surface area contributed by atoms with E-state index in [2.05, 4.69) is 75.4 Å². The van der Waals surface area contributed by atoms with Crippen molar-refractivity contribution in [1.82, 2.24) is 24.1 Å². The van der Waals surface area contributed by atoms with Crippen LogP contribution in [0.2, 0.25) is 0 Å². The minimum absolute atomic E-state index is 0. The standard InChI is InChI=1S/C35H33N5O.Pt/c1-22-24(3)39-21-30(20-31(34(39)37-22)32-18-27(16-17-36-32)35(5,6)7)41-29-15-11-14-28(19-29)40-25(4)33(23(2)38-40)26-12-9-8-10-13-26;/h8-18,21H,1-7H3;/q-2;+2. The van der Waals surface area contributed by atoms with Crippen molar-refractivity contribution in [3.8, 4) is 39.6 Å². The third-order valence-electron chi connectivity index (χ3n) is 7.54. The van der Waals surface area contributed by atoms with Crippen molar-refractivity contribution in [1.29, 1.82) is 0 Å². The molecule has 42 heavy (non-hydrogen) atoms. The summed E-state index contributed by atoms with van der Waals surface area (Å²) in [6.07, 6.45) is 3.78. The van der Waals surface area contributed by atoms with Crippen LogP contribution in [0.1, 0.15) is 49.1 Å². The number of fused-ring (bicyclic) bond motifs is 1. The Hall–Kier alpha value is -4.02. The smallest absolute Gasteiger partial charge is 0.501 e. The molecule has 0 radical (unpaired) electrons. The maximum absolute atomic E-state index is 6.41. The summed E-state index contributed by atoms with van der Waals surface area (Å²) in [5, 5.41) is 4.84. The molecule has 6 rings (SSSR count). The second kappa shape index (κ2) is 11.3. The van der Waals surface area contributed by atoms with Crippen molar-refractivity contribution in [2.45, 2.75) is 53.9 Å². The average molecular weight is 735 g/mol. The molecule has 0 atom stereocenters. The molecule has 0 aliphatic heterocycles.